The van der Waals surface area contributed by atoms with E-state index in [1.165, 1.54) is 12.7 Å². The number of benzene rings is 3. The summed E-state index contributed by atoms with van der Waals surface area (Å²) in [4.78, 5) is 27.3. The maximum Gasteiger partial charge on any atom is 0.337 e. The van der Waals surface area contributed by atoms with E-state index in [0.717, 1.165) is 37.9 Å². The van der Waals surface area contributed by atoms with E-state index in [1.807, 2.05) is 12.1 Å². The second-order valence-corrected chi connectivity index (χ2v) is 9.08. The van der Waals surface area contributed by atoms with Gasteiger partial charge in [0.25, 0.3) is 0 Å². The van der Waals surface area contributed by atoms with Crippen LogP contribution in [0, 0.1) is 5.92 Å². The number of likely N-dealkylation sites (tertiary alicyclic amines) is 1. The Morgan fingerprint density at radius 1 is 0.917 bits per heavy atom. The van der Waals surface area contributed by atoms with Crippen LogP contribution < -0.4 is 15.4 Å². The van der Waals surface area contributed by atoms with Crippen LogP contribution in [-0.2, 0) is 17.7 Å². The third-order valence-electron chi connectivity index (χ3n) is 6.58. The van der Waals surface area contributed by atoms with Crippen molar-refractivity contribution in [2.45, 2.75) is 25.8 Å². The number of anilines is 2. The largest absolute Gasteiger partial charge is 0.497 e. The number of nitrogens with one attached hydrogen (secondary N) is 2. The number of carbonyl (C=O) groups excluding carboxylic acids is 2. The van der Waals surface area contributed by atoms with Gasteiger partial charge in [-0.2, -0.15) is 0 Å². The molecule has 1 heterocycles. The molecule has 0 aliphatic carbocycles. The molecule has 0 unspecified atom stereocenters. The zero-order valence-corrected chi connectivity index (χ0v) is 20.8. The van der Waals surface area contributed by atoms with Crippen LogP contribution in [0.3, 0.4) is 0 Å². The van der Waals surface area contributed by atoms with Crippen LogP contribution in [0.4, 0.5) is 16.2 Å². The van der Waals surface area contributed by atoms with Crippen LogP contribution in [0.5, 0.6) is 5.75 Å². The summed E-state index contributed by atoms with van der Waals surface area (Å²) >= 11 is 0. The topological polar surface area (TPSA) is 79.9 Å². The zero-order valence-electron chi connectivity index (χ0n) is 20.8. The van der Waals surface area contributed by atoms with Crippen molar-refractivity contribution < 1.29 is 19.1 Å². The third-order valence-corrected chi connectivity index (χ3v) is 6.58. The molecule has 1 aliphatic rings. The fourth-order valence-electron chi connectivity index (χ4n) is 4.60. The number of ether oxygens (including phenoxy) is 2. The summed E-state index contributed by atoms with van der Waals surface area (Å²) in [6, 6.07) is 22.7. The van der Waals surface area contributed by atoms with Crippen LogP contribution in [-0.4, -0.2) is 44.2 Å². The normalized spacial score (nSPS) is 14.2. The van der Waals surface area contributed by atoms with Gasteiger partial charge >= 0.3 is 12.0 Å². The molecular weight excluding hydrogens is 454 g/mol. The molecule has 0 bridgehead atoms. The van der Waals surface area contributed by atoms with E-state index in [2.05, 4.69) is 45.9 Å². The lowest BCUT2D eigenvalue weighted by atomic mass is 9.90. The number of rotatable bonds is 8. The highest BCUT2D eigenvalue weighted by molar-refractivity contribution is 6.01. The molecule has 7 nitrogen and oxygen atoms in total. The molecule has 0 saturated carbocycles. The van der Waals surface area contributed by atoms with Crippen LogP contribution in [0.15, 0.2) is 72.8 Å². The maximum absolute atomic E-state index is 12.8. The molecule has 3 aromatic carbocycles. The first-order valence-electron chi connectivity index (χ1n) is 12.2. The minimum absolute atomic E-state index is 0.388. The number of methoxy groups -OCH3 is 2. The van der Waals surface area contributed by atoms with E-state index in [1.54, 1.807) is 37.4 Å². The summed E-state index contributed by atoms with van der Waals surface area (Å²) in [7, 11) is 2.92. The number of amides is 2. The van der Waals surface area contributed by atoms with E-state index in [4.69, 9.17) is 9.47 Å². The standard InChI is InChI=1S/C29H33N3O4/c1-35-26-10-6-9-25(19-26)30-29(34)31-27-18-23(28(33)36-2)11-12-24(27)20-32-15-13-22(14-16-32)17-21-7-4-3-5-8-21/h3-12,18-19,22H,13-17,20H2,1-2H3,(H2,30,31,34). The molecular formula is C29H33N3O4. The Bertz CT molecular complexity index is 1170. The SMILES string of the molecule is COC(=O)c1ccc(CN2CCC(Cc3ccccc3)CC2)c(NC(=O)Nc2cccc(OC)c2)c1. The minimum atomic E-state index is -0.445. The molecule has 0 atom stereocenters. The second-order valence-electron chi connectivity index (χ2n) is 9.08. The predicted octanol–water partition coefficient (Wildman–Crippen LogP) is 5.58. The van der Waals surface area contributed by atoms with Gasteiger partial charge in [-0.3, -0.25) is 4.90 Å². The summed E-state index contributed by atoms with van der Waals surface area (Å²) in [5.41, 5.74) is 3.93. The average Bonchev–Trinajstić information content (AvgIpc) is 2.91. The van der Waals surface area contributed by atoms with Gasteiger partial charge in [0, 0.05) is 24.0 Å². The van der Waals surface area contributed by atoms with Gasteiger partial charge in [0.1, 0.15) is 5.75 Å². The van der Waals surface area contributed by atoms with Gasteiger partial charge < -0.3 is 20.1 Å². The van der Waals surface area contributed by atoms with Crippen molar-refractivity contribution in [3.63, 3.8) is 0 Å². The summed E-state index contributed by atoms with van der Waals surface area (Å²) in [5.74, 6) is 0.882. The Hall–Kier alpha value is -3.84. The first-order valence-corrected chi connectivity index (χ1v) is 12.2. The minimum Gasteiger partial charge on any atom is -0.497 e. The van der Waals surface area contributed by atoms with Crippen LogP contribution in [0.2, 0.25) is 0 Å². The van der Waals surface area contributed by atoms with Crippen molar-refractivity contribution in [3.8, 4) is 5.75 Å². The van der Waals surface area contributed by atoms with E-state index in [-0.39, 0.29) is 0 Å². The summed E-state index contributed by atoms with van der Waals surface area (Å²) in [6.07, 6.45) is 3.38. The van der Waals surface area contributed by atoms with Crippen molar-refractivity contribution in [1.29, 1.82) is 0 Å². The molecule has 2 amide bonds. The molecule has 0 spiro atoms. The van der Waals surface area contributed by atoms with Gasteiger partial charge in [-0.1, -0.05) is 42.5 Å². The van der Waals surface area contributed by atoms with Crippen molar-refractivity contribution in [3.05, 3.63) is 89.5 Å². The molecule has 1 fully saturated rings. The van der Waals surface area contributed by atoms with Gasteiger partial charge in [0.2, 0.25) is 0 Å². The lowest BCUT2D eigenvalue weighted by Gasteiger charge is -2.32. The number of carbonyl (C=O) groups is 2. The number of piperidine rings is 1. The lowest BCUT2D eigenvalue weighted by Crippen LogP contribution is -2.34. The molecule has 1 saturated heterocycles. The molecule has 0 radical (unpaired) electrons. The maximum atomic E-state index is 12.8. The second kappa shape index (κ2) is 12.2. The third kappa shape index (κ3) is 6.86. The van der Waals surface area contributed by atoms with Crippen LogP contribution >= 0.6 is 0 Å². The zero-order chi connectivity index (χ0) is 25.3. The lowest BCUT2D eigenvalue weighted by molar-refractivity contribution is 0.0600. The van der Waals surface area contributed by atoms with E-state index >= 15 is 0 Å². The van der Waals surface area contributed by atoms with Crippen molar-refractivity contribution >= 4 is 23.4 Å². The Morgan fingerprint density at radius 3 is 2.42 bits per heavy atom. The van der Waals surface area contributed by atoms with Gasteiger partial charge in [0.05, 0.1) is 19.8 Å². The first kappa shape index (κ1) is 25.3. The Labute approximate surface area is 212 Å². The monoisotopic (exact) mass is 487 g/mol. The Balaban J connectivity index is 1.42. The molecule has 188 valence electrons. The Morgan fingerprint density at radius 2 is 1.69 bits per heavy atom. The quantitative estimate of drug-likeness (QED) is 0.406. The van der Waals surface area contributed by atoms with Gasteiger partial charge in [0.15, 0.2) is 0 Å². The Kier molecular flexibility index (Phi) is 8.57. The van der Waals surface area contributed by atoms with Crippen molar-refractivity contribution in [2.24, 2.45) is 5.92 Å². The van der Waals surface area contributed by atoms with Crippen molar-refractivity contribution in [1.82, 2.24) is 4.90 Å². The summed E-state index contributed by atoms with van der Waals surface area (Å²) in [6.45, 7) is 2.67. The van der Waals surface area contributed by atoms with Gasteiger partial charge in [-0.05, 0) is 73.7 Å². The average molecular weight is 488 g/mol. The highest BCUT2D eigenvalue weighted by atomic mass is 16.5. The molecule has 1 aliphatic heterocycles. The molecule has 7 heteroatoms. The van der Waals surface area contributed by atoms with Crippen LogP contribution in [0.1, 0.15) is 34.3 Å². The highest BCUT2D eigenvalue weighted by Gasteiger charge is 2.21. The summed E-state index contributed by atoms with van der Waals surface area (Å²) in [5, 5.41) is 5.75. The number of urea groups is 1. The molecule has 4 rings (SSSR count). The molecule has 36 heavy (non-hydrogen) atoms. The fraction of sp³-hybridized carbons (Fsp3) is 0.310. The summed E-state index contributed by atoms with van der Waals surface area (Å²) < 4.78 is 10.1. The number of hydrogen-bond acceptors (Lipinski definition) is 5. The number of hydrogen-bond donors (Lipinski definition) is 2. The predicted molar refractivity (Wildman–Crippen MR) is 142 cm³/mol. The fourth-order valence-corrected chi connectivity index (χ4v) is 4.60. The van der Waals surface area contributed by atoms with E-state index < -0.39 is 12.0 Å². The number of esters is 1. The first-order chi connectivity index (χ1) is 17.5. The molecule has 3 aromatic rings. The smallest absolute Gasteiger partial charge is 0.337 e. The van der Waals surface area contributed by atoms with Gasteiger partial charge in [-0.15, -0.1) is 0 Å². The number of nitrogens with zero attached hydrogens (tertiary/aromatic N) is 1. The molecule has 0 aromatic heterocycles. The van der Waals surface area contributed by atoms with E-state index in [0.29, 0.717) is 35.2 Å². The highest BCUT2D eigenvalue weighted by Crippen LogP contribution is 2.26. The van der Waals surface area contributed by atoms with Gasteiger partial charge in [-0.25, -0.2) is 9.59 Å². The van der Waals surface area contributed by atoms with Crippen molar-refractivity contribution in [2.75, 3.05) is 37.9 Å². The molecule has 2 N–H and O–H groups in total. The van der Waals surface area contributed by atoms with Crippen LogP contribution in [0.25, 0.3) is 0 Å². The van der Waals surface area contributed by atoms with E-state index in [9.17, 15) is 9.59 Å².